The van der Waals surface area contributed by atoms with E-state index in [4.69, 9.17) is 4.74 Å². The largest absolute Gasteiger partial charge is 0.465 e. The minimum absolute atomic E-state index is 0.0431. The number of esters is 1. The lowest BCUT2D eigenvalue weighted by Gasteiger charge is -2.17. The molecular weight excluding hydrogens is 488 g/mol. The van der Waals surface area contributed by atoms with Crippen LogP contribution >= 0.6 is 0 Å². The summed E-state index contributed by atoms with van der Waals surface area (Å²) in [4.78, 5) is 12.4. The lowest BCUT2D eigenvalue weighted by molar-refractivity contribution is -0.145. The predicted molar refractivity (Wildman–Crippen MR) is 179 cm³/mol. The van der Waals surface area contributed by atoms with Gasteiger partial charge in [0.2, 0.25) is 0 Å². The SMILES string of the molecule is CCCCCCCC/C=C\CCCCCCCC(=O)OC[C@@H](CCCCCCCC)CCCCCCCCCC. The molecule has 0 heterocycles. The van der Waals surface area contributed by atoms with Crippen molar-refractivity contribution in [1.82, 2.24) is 0 Å². The quantitative estimate of drug-likeness (QED) is 0.0451. The van der Waals surface area contributed by atoms with Gasteiger partial charge in [-0.1, -0.05) is 174 Å². The summed E-state index contributed by atoms with van der Waals surface area (Å²) in [5.41, 5.74) is 0. The van der Waals surface area contributed by atoms with Crippen LogP contribution in [0.2, 0.25) is 0 Å². The summed E-state index contributed by atoms with van der Waals surface area (Å²) >= 11 is 0. The maximum Gasteiger partial charge on any atom is 0.305 e. The Bertz CT molecular complexity index is 512. The molecule has 0 aliphatic carbocycles. The van der Waals surface area contributed by atoms with E-state index in [1.54, 1.807) is 0 Å². The molecule has 0 spiro atoms. The second kappa shape index (κ2) is 34.4. The summed E-state index contributed by atoms with van der Waals surface area (Å²) in [7, 11) is 0. The molecule has 0 fully saturated rings. The lowest BCUT2D eigenvalue weighted by atomic mass is 9.94. The zero-order chi connectivity index (χ0) is 29.2. The van der Waals surface area contributed by atoms with Crippen molar-refractivity contribution in [2.45, 2.75) is 213 Å². The van der Waals surface area contributed by atoms with Crippen molar-refractivity contribution >= 4 is 5.97 Å². The number of hydrogen-bond acceptors (Lipinski definition) is 2. The lowest BCUT2D eigenvalue weighted by Crippen LogP contribution is -2.14. The summed E-state index contributed by atoms with van der Waals surface area (Å²) < 4.78 is 5.79. The highest BCUT2D eigenvalue weighted by Gasteiger charge is 2.12. The van der Waals surface area contributed by atoms with Gasteiger partial charge in [0.25, 0.3) is 0 Å². The molecule has 0 amide bonds. The molecule has 1 atom stereocenters. The Morgan fingerprint density at radius 1 is 0.475 bits per heavy atom. The maximum atomic E-state index is 12.4. The van der Waals surface area contributed by atoms with Crippen LogP contribution < -0.4 is 0 Å². The van der Waals surface area contributed by atoms with Crippen molar-refractivity contribution < 1.29 is 9.53 Å². The van der Waals surface area contributed by atoms with Gasteiger partial charge in [0.05, 0.1) is 6.61 Å². The zero-order valence-corrected chi connectivity index (χ0v) is 28.0. The first-order chi connectivity index (χ1) is 19.7. The summed E-state index contributed by atoms with van der Waals surface area (Å²) in [6, 6.07) is 0. The summed E-state index contributed by atoms with van der Waals surface area (Å²) in [5, 5.41) is 0. The van der Waals surface area contributed by atoms with Crippen LogP contribution in [0.15, 0.2) is 12.2 Å². The van der Waals surface area contributed by atoms with Crippen molar-refractivity contribution in [3.63, 3.8) is 0 Å². The zero-order valence-electron chi connectivity index (χ0n) is 28.0. The topological polar surface area (TPSA) is 26.3 Å². The van der Waals surface area contributed by atoms with Crippen molar-refractivity contribution in [2.24, 2.45) is 5.92 Å². The first-order valence-electron chi connectivity index (χ1n) is 18.5. The van der Waals surface area contributed by atoms with Crippen LogP contribution in [0, 0.1) is 5.92 Å². The van der Waals surface area contributed by atoms with Crippen molar-refractivity contribution in [3.05, 3.63) is 12.2 Å². The number of rotatable bonds is 33. The average Bonchev–Trinajstić information content (AvgIpc) is 2.96. The predicted octanol–water partition coefficient (Wildman–Crippen LogP) is 13.5. The Morgan fingerprint density at radius 2 is 0.825 bits per heavy atom. The maximum absolute atomic E-state index is 12.4. The normalized spacial score (nSPS) is 12.4. The van der Waals surface area contributed by atoms with Crippen molar-refractivity contribution in [2.75, 3.05) is 6.61 Å². The molecule has 0 radical (unpaired) electrons. The monoisotopic (exact) mass is 563 g/mol. The third-order valence-electron chi connectivity index (χ3n) is 8.55. The van der Waals surface area contributed by atoms with Crippen LogP contribution in [0.1, 0.15) is 213 Å². The van der Waals surface area contributed by atoms with Crippen LogP contribution in [-0.4, -0.2) is 12.6 Å². The van der Waals surface area contributed by atoms with E-state index in [9.17, 15) is 4.79 Å². The molecule has 0 aromatic carbocycles. The second-order valence-electron chi connectivity index (χ2n) is 12.7. The van der Waals surface area contributed by atoms with Crippen LogP contribution in [0.3, 0.4) is 0 Å². The molecule has 0 aromatic rings. The van der Waals surface area contributed by atoms with Crippen LogP contribution in [0.25, 0.3) is 0 Å². The molecule has 0 saturated carbocycles. The van der Waals surface area contributed by atoms with E-state index in [-0.39, 0.29) is 5.97 Å². The summed E-state index contributed by atoms with van der Waals surface area (Å²) in [6.07, 6.45) is 43.7. The van der Waals surface area contributed by atoms with Gasteiger partial charge in [-0.3, -0.25) is 4.79 Å². The van der Waals surface area contributed by atoms with Crippen LogP contribution in [0.4, 0.5) is 0 Å². The first-order valence-corrected chi connectivity index (χ1v) is 18.5. The number of unbranched alkanes of at least 4 members (excludes halogenated alkanes) is 23. The summed E-state index contributed by atoms with van der Waals surface area (Å²) in [6.45, 7) is 7.51. The van der Waals surface area contributed by atoms with Gasteiger partial charge in [0, 0.05) is 6.42 Å². The Labute approximate surface area is 253 Å². The Kier molecular flexibility index (Phi) is 33.7. The Hall–Kier alpha value is -0.790. The van der Waals surface area contributed by atoms with E-state index in [0.717, 1.165) is 12.8 Å². The number of carbonyl (C=O) groups is 1. The molecule has 0 unspecified atom stereocenters. The number of ether oxygens (including phenoxy) is 1. The molecule has 0 aliphatic heterocycles. The Balaban J connectivity index is 3.86. The highest BCUT2D eigenvalue weighted by Crippen LogP contribution is 2.20. The van der Waals surface area contributed by atoms with E-state index in [1.807, 2.05) is 0 Å². The average molecular weight is 563 g/mol. The van der Waals surface area contributed by atoms with Gasteiger partial charge in [-0.25, -0.2) is 0 Å². The van der Waals surface area contributed by atoms with E-state index in [2.05, 4.69) is 32.9 Å². The van der Waals surface area contributed by atoms with Gasteiger partial charge in [0.1, 0.15) is 0 Å². The van der Waals surface area contributed by atoms with Gasteiger partial charge in [0.15, 0.2) is 0 Å². The van der Waals surface area contributed by atoms with Gasteiger partial charge in [-0.15, -0.1) is 0 Å². The molecule has 0 bridgehead atoms. The third-order valence-corrected chi connectivity index (χ3v) is 8.55. The highest BCUT2D eigenvalue weighted by molar-refractivity contribution is 5.69. The molecular formula is C38H74O2. The molecule has 0 rings (SSSR count). The van der Waals surface area contributed by atoms with Gasteiger partial charge in [-0.05, 0) is 50.9 Å². The molecule has 0 aromatic heterocycles. The molecule has 0 aliphatic rings. The highest BCUT2D eigenvalue weighted by atomic mass is 16.5. The molecule has 0 saturated heterocycles. The minimum atomic E-state index is 0.0431. The van der Waals surface area contributed by atoms with E-state index in [1.165, 1.54) is 173 Å². The van der Waals surface area contributed by atoms with Crippen molar-refractivity contribution in [1.29, 1.82) is 0 Å². The van der Waals surface area contributed by atoms with Gasteiger partial charge >= 0.3 is 5.97 Å². The van der Waals surface area contributed by atoms with Crippen molar-refractivity contribution in [3.8, 4) is 0 Å². The van der Waals surface area contributed by atoms with Crippen LogP contribution in [0.5, 0.6) is 0 Å². The number of carbonyl (C=O) groups excluding carboxylic acids is 1. The van der Waals surface area contributed by atoms with E-state index >= 15 is 0 Å². The molecule has 40 heavy (non-hydrogen) atoms. The van der Waals surface area contributed by atoms with E-state index in [0.29, 0.717) is 18.9 Å². The molecule has 238 valence electrons. The fourth-order valence-corrected chi connectivity index (χ4v) is 5.71. The van der Waals surface area contributed by atoms with Crippen LogP contribution in [-0.2, 0) is 9.53 Å². The summed E-state index contributed by atoms with van der Waals surface area (Å²) in [5.74, 6) is 0.617. The fraction of sp³-hybridized carbons (Fsp3) is 0.921. The smallest absolute Gasteiger partial charge is 0.305 e. The number of hydrogen-bond donors (Lipinski definition) is 0. The molecule has 2 nitrogen and oxygen atoms in total. The number of allylic oxidation sites excluding steroid dienone is 2. The molecule has 0 N–H and O–H groups in total. The van der Waals surface area contributed by atoms with Gasteiger partial charge in [-0.2, -0.15) is 0 Å². The first kappa shape index (κ1) is 39.2. The standard InChI is InChI=1S/C38H74O2/c1-4-7-10-13-16-18-19-20-21-22-23-24-26-29-32-35-38(39)40-36-37(33-30-27-15-12-9-6-3)34-31-28-25-17-14-11-8-5-2/h20-21,37H,4-19,22-36H2,1-3H3/b21-20-/t37-/m0/s1. The minimum Gasteiger partial charge on any atom is -0.465 e. The van der Waals surface area contributed by atoms with E-state index < -0.39 is 0 Å². The Morgan fingerprint density at radius 3 is 1.25 bits per heavy atom. The van der Waals surface area contributed by atoms with Gasteiger partial charge < -0.3 is 4.74 Å². The fourth-order valence-electron chi connectivity index (χ4n) is 5.71. The third kappa shape index (κ3) is 31.7. The second-order valence-corrected chi connectivity index (χ2v) is 12.7. The molecule has 2 heteroatoms.